The first-order valence-electron chi connectivity index (χ1n) is 9.64. The molecule has 4 nitrogen and oxygen atoms in total. The highest BCUT2D eigenvalue weighted by Gasteiger charge is 2.50. The monoisotopic (exact) mass is 346 g/mol. The van der Waals surface area contributed by atoms with Gasteiger partial charge in [-0.05, 0) is 17.9 Å². The third-order valence-electron chi connectivity index (χ3n) is 6.20. The van der Waals surface area contributed by atoms with Crippen LogP contribution in [0, 0.1) is 11.8 Å². The predicted octanol–water partition coefficient (Wildman–Crippen LogP) is 3.09. The standard InChI is InChI=1S/C21H32NO3/c1-16-9-7-8-12-19(16)21(24,17-10-5-4-6-11-17)20(23)25-18-13-14-22(2,3)15-18/h4-6,10-11,16,18-19,24H,7-9,12-15H2,1-3H3/q+1/t16-,18?,19?,21?/m1/s1. The van der Waals surface area contributed by atoms with E-state index in [1.54, 1.807) is 0 Å². The second kappa shape index (κ2) is 7.08. The molecule has 4 heteroatoms. The molecule has 2 aliphatic rings. The van der Waals surface area contributed by atoms with Crippen LogP contribution in [0.25, 0.3) is 0 Å². The van der Waals surface area contributed by atoms with E-state index in [-0.39, 0.29) is 12.0 Å². The van der Waals surface area contributed by atoms with Crippen molar-refractivity contribution in [3.05, 3.63) is 35.9 Å². The summed E-state index contributed by atoms with van der Waals surface area (Å²) in [6.07, 6.45) is 4.92. The smallest absolute Gasteiger partial charge is 0.343 e. The quantitative estimate of drug-likeness (QED) is 0.673. The van der Waals surface area contributed by atoms with E-state index in [0.717, 1.165) is 43.3 Å². The number of quaternary nitrogens is 1. The van der Waals surface area contributed by atoms with Crippen molar-refractivity contribution in [2.75, 3.05) is 27.2 Å². The van der Waals surface area contributed by atoms with Crippen LogP contribution in [-0.2, 0) is 15.1 Å². The average Bonchev–Trinajstić information content (AvgIpc) is 2.94. The second-order valence-electron chi connectivity index (χ2n) is 8.66. The van der Waals surface area contributed by atoms with Gasteiger partial charge in [0.05, 0.1) is 20.6 Å². The summed E-state index contributed by atoms with van der Waals surface area (Å²) >= 11 is 0. The van der Waals surface area contributed by atoms with Crippen LogP contribution in [0.15, 0.2) is 30.3 Å². The summed E-state index contributed by atoms with van der Waals surface area (Å²) in [5.74, 6) is -0.230. The lowest BCUT2D eigenvalue weighted by molar-refractivity contribution is -0.879. The number of ether oxygens (including phenoxy) is 1. The Morgan fingerprint density at radius 3 is 2.44 bits per heavy atom. The highest BCUT2D eigenvalue weighted by molar-refractivity contribution is 5.81. The zero-order valence-corrected chi connectivity index (χ0v) is 15.8. The van der Waals surface area contributed by atoms with Gasteiger partial charge in [0.15, 0.2) is 11.7 Å². The van der Waals surface area contributed by atoms with E-state index in [4.69, 9.17) is 4.74 Å². The summed E-state index contributed by atoms with van der Waals surface area (Å²) in [5, 5.41) is 11.7. The number of hydrogen-bond donors (Lipinski definition) is 1. The molecule has 0 aromatic heterocycles. The molecule has 1 saturated heterocycles. The average molecular weight is 346 g/mol. The largest absolute Gasteiger partial charge is 0.454 e. The van der Waals surface area contributed by atoms with Crippen molar-refractivity contribution >= 4 is 5.97 Å². The summed E-state index contributed by atoms with van der Waals surface area (Å²) in [6, 6.07) is 9.40. The van der Waals surface area contributed by atoms with Crippen molar-refractivity contribution < 1.29 is 19.1 Å². The van der Waals surface area contributed by atoms with Gasteiger partial charge in [0, 0.05) is 12.3 Å². The molecule has 0 amide bonds. The normalized spacial score (nSPS) is 31.3. The van der Waals surface area contributed by atoms with Crippen LogP contribution in [-0.4, -0.2) is 48.8 Å². The Balaban J connectivity index is 1.87. The van der Waals surface area contributed by atoms with Gasteiger partial charge in [0.1, 0.15) is 6.54 Å². The minimum atomic E-state index is -1.54. The Labute approximate surface area is 151 Å². The number of hydrogen-bond acceptors (Lipinski definition) is 3. The molecule has 0 bridgehead atoms. The molecule has 1 saturated carbocycles. The number of carbonyl (C=O) groups excluding carboxylic acids is 1. The number of benzene rings is 1. The van der Waals surface area contributed by atoms with Gasteiger partial charge in [-0.25, -0.2) is 4.79 Å². The predicted molar refractivity (Wildman–Crippen MR) is 97.8 cm³/mol. The zero-order valence-electron chi connectivity index (χ0n) is 15.8. The fourth-order valence-corrected chi connectivity index (χ4v) is 4.68. The lowest BCUT2D eigenvalue weighted by Crippen LogP contribution is -2.49. The van der Waals surface area contributed by atoms with Crippen molar-refractivity contribution in [3.63, 3.8) is 0 Å². The van der Waals surface area contributed by atoms with Crippen LogP contribution in [0.3, 0.4) is 0 Å². The number of esters is 1. The number of likely N-dealkylation sites (tertiary alicyclic amines) is 1. The topological polar surface area (TPSA) is 46.5 Å². The van der Waals surface area contributed by atoms with Crippen LogP contribution in [0.2, 0.25) is 0 Å². The molecule has 1 heterocycles. The van der Waals surface area contributed by atoms with E-state index < -0.39 is 11.6 Å². The Kier molecular flexibility index (Phi) is 5.21. The van der Waals surface area contributed by atoms with Gasteiger partial charge in [-0.2, -0.15) is 0 Å². The maximum Gasteiger partial charge on any atom is 0.343 e. The van der Waals surface area contributed by atoms with Gasteiger partial charge < -0.3 is 14.3 Å². The van der Waals surface area contributed by atoms with E-state index in [1.807, 2.05) is 30.3 Å². The molecule has 4 atom stereocenters. The third-order valence-corrected chi connectivity index (χ3v) is 6.20. The van der Waals surface area contributed by atoms with Crippen molar-refractivity contribution in [1.29, 1.82) is 0 Å². The Hall–Kier alpha value is -1.39. The van der Waals surface area contributed by atoms with E-state index >= 15 is 0 Å². The summed E-state index contributed by atoms with van der Waals surface area (Å²) in [6.45, 7) is 3.97. The fourth-order valence-electron chi connectivity index (χ4n) is 4.68. The van der Waals surface area contributed by atoms with Gasteiger partial charge in [0.2, 0.25) is 0 Å². The Morgan fingerprint density at radius 1 is 1.16 bits per heavy atom. The number of rotatable bonds is 4. The van der Waals surface area contributed by atoms with Crippen LogP contribution >= 0.6 is 0 Å². The summed E-state index contributed by atoms with van der Waals surface area (Å²) in [7, 11) is 4.31. The van der Waals surface area contributed by atoms with Crippen molar-refractivity contribution in [2.45, 2.75) is 50.7 Å². The molecule has 3 unspecified atom stereocenters. The Morgan fingerprint density at radius 2 is 1.84 bits per heavy atom. The van der Waals surface area contributed by atoms with Gasteiger partial charge in [-0.15, -0.1) is 0 Å². The van der Waals surface area contributed by atoms with Crippen molar-refractivity contribution in [3.8, 4) is 0 Å². The molecule has 3 rings (SSSR count). The highest BCUT2D eigenvalue weighted by Crippen LogP contribution is 2.43. The number of aliphatic hydroxyl groups is 1. The lowest BCUT2D eigenvalue weighted by Gasteiger charge is -2.41. The second-order valence-corrected chi connectivity index (χ2v) is 8.66. The minimum absolute atomic E-state index is 0.0833. The zero-order chi connectivity index (χ0) is 18.1. The molecule has 1 N–H and O–H groups in total. The van der Waals surface area contributed by atoms with Crippen LogP contribution in [0.1, 0.15) is 44.6 Å². The first-order chi connectivity index (χ1) is 11.8. The van der Waals surface area contributed by atoms with Gasteiger partial charge in [-0.3, -0.25) is 0 Å². The van der Waals surface area contributed by atoms with E-state index in [2.05, 4.69) is 21.0 Å². The van der Waals surface area contributed by atoms with E-state index in [1.165, 1.54) is 6.42 Å². The molecule has 0 spiro atoms. The SMILES string of the molecule is C[C@@H]1CCCCC1C(O)(C(=O)OC1CC[N+](C)(C)C1)c1ccccc1. The van der Waals surface area contributed by atoms with Crippen molar-refractivity contribution in [2.24, 2.45) is 11.8 Å². The van der Waals surface area contributed by atoms with E-state index in [9.17, 15) is 9.90 Å². The fraction of sp³-hybridized carbons (Fsp3) is 0.667. The van der Waals surface area contributed by atoms with Crippen LogP contribution in [0.4, 0.5) is 0 Å². The first-order valence-corrected chi connectivity index (χ1v) is 9.64. The number of nitrogens with zero attached hydrogens (tertiary/aromatic N) is 1. The molecule has 2 fully saturated rings. The van der Waals surface area contributed by atoms with Crippen LogP contribution < -0.4 is 0 Å². The van der Waals surface area contributed by atoms with Crippen molar-refractivity contribution in [1.82, 2.24) is 0 Å². The maximum absolute atomic E-state index is 13.2. The summed E-state index contributed by atoms with van der Waals surface area (Å²) in [4.78, 5) is 13.2. The molecule has 1 aromatic carbocycles. The highest BCUT2D eigenvalue weighted by atomic mass is 16.6. The molecule has 1 aromatic rings. The molecule has 138 valence electrons. The van der Waals surface area contributed by atoms with Crippen LogP contribution in [0.5, 0.6) is 0 Å². The molecule has 0 radical (unpaired) electrons. The summed E-state index contributed by atoms with van der Waals surface area (Å²) < 4.78 is 6.73. The molecule has 25 heavy (non-hydrogen) atoms. The maximum atomic E-state index is 13.2. The molecule has 1 aliphatic heterocycles. The number of likely N-dealkylation sites (N-methyl/N-ethyl adjacent to an activating group) is 1. The molecular formula is C21H32NO3+. The minimum Gasteiger partial charge on any atom is -0.454 e. The van der Waals surface area contributed by atoms with Gasteiger partial charge >= 0.3 is 5.97 Å². The van der Waals surface area contributed by atoms with Gasteiger partial charge in [0.25, 0.3) is 0 Å². The molecule has 1 aliphatic carbocycles. The first kappa shape index (κ1) is 18.4. The lowest BCUT2D eigenvalue weighted by atomic mass is 9.68. The van der Waals surface area contributed by atoms with Gasteiger partial charge in [-0.1, -0.05) is 56.5 Å². The number of carbonyl (C=O) groups is 1. The third kappa shape index (κ3) is 3.75. The summed E-state index contributed by atoms with van der Waals surface area (Å²) in [5.41, 5.74) is -0.869. The molecular weight excluding hydrogens is 314 g/mol. The Bertz CT molecular complexity index is 600. The van der Waals surface area contributed by atoms with E-state index in [0.29, 0.717) is 11.5 Å².